The fraction of sp³-hybridized carbons (Fsp3) is 0.684. The maximum absolute atomic E-state index is 12.3. The topological polar surface area (TPSA) is 96.9 Å². The average Bonchev–Trinajstić information content (AvgIpc) is 2.63. The molecule has 3 heterocycles. The van der Waals surface area contributed by atoms with Gasteiger partial charge in [0.25, 0.3) is 5.91 Å². The smallest absolute Gasteiger partial charge is 0.410 e. The van der Waals surface area contributed by atoms with Gasteiger partial charge in [-0.2, -0.15) is 5.10 Å². The van der Waals surface area contributed by atoms with Gasteiger partial charge in [-0.25, -0.2) is 4.79 Å². The Labute approximate surface area is 165 Å². The van der Waals surface area contributed by atoms with Crippen molar-refractivity contribution in [2.75, 3.05) is 38.3 Å². The van der Waals surface area contributed by atoms with Crippen molar-refractivity contribution in [3.63, 3.8) is 0 Å². The summed E-state index contributed by atoms with van der Waals surface area (Å²) in [5.41, 5.74) is -0.0117. The molecule has 1 N–H and O–H groups in total. The number of aromatic nitrogens is 2. The van der Waals surface area contributed by atoms with E-state index >= 15 is 0 Å². The molecule has 1 aromatic rings. The molecule has 0 atom stereocenters. The van der Waals surface area contributed by atoms with Crippen LogP contribution in [-0.4, -0.2) is 78.1 Å². The van der Waals surface area contributed by atoms with Gasteiger partial charge in [0.2, 0.25) is 0 Å². The van der Waals surface area contributed by atoms with E-state index in [1.807, 2.05) is 32.7 Å². The molecule has 3 rings (SSSR count). The Morgan fingerprint density at radius 1 is 1.29 bits per heavy atom. The summed E-state index contributed by atoms with van der Waals surface area (Å²) in [6.45, 7) is 7.95. The number of hydrogen-bond donors (Lipinski definition) is 1. The molecule has 2 aliphatic heterocycles. The van der Waals surface area contributed by atoms with Crippen molar-refractivity contribution in [3.05, 3.63) is 17.8 Å². The number of carbonyl (C=O) groups is 2. The molecule has 9 nitrogen and oxygen atoms in total. The fourth-order valence-electron chi connectivity index (χ4n) is 3.19. The predicted molar refractivity (Wildman–Crippen MR) is 103 cm³/mol. The van der Waals surface area contributed by atoms with Gasteiger partial charge >= 0.3 is 6.09 Å². The van der Waals surface area contributed by atoms with Crippen LogP contribution >= 0.6 is 0 Å². The van der Waals surface area contributed by atoms with Crippen molar-refractivity contribution in [1.29, 1.82) is 0 Å². The van der Waals surface area contributed by atoms with Gasteiger partial charge in [0.1, 0.15) is 5.60 Å². The number of rotatable bonds is 4. The number of amides is 2. The fourth-order valence-corrected chi connectivity index (χ4v) is 3.19. The van der Waals surface area contributed by atoms with Crippen molar-refractivity contribution < 1.29 is 19.1 Å². The minimum absolute atomic E-state index is 0.0685. The van der Waals surface area contributed by atoms with Crippen LogP contribution in [0.25, 0.3) is 0 Å². The Morgan fingerprint density at radius 3 is 2.54 bits per heavy atom. The highest BCUT2D eigenvalue weighted by Gasteiger charge is 2.29. The summed E-state index contributed by atoms with van der Waals surface area (Å²) in [4.78, 5) is 28.3. The van der Waals surface area contributed by atoms with E-state index in [1.165, 1.54) is 6.20 Å². The zero-order valence-electron chi connectivity index (χ0n) is 17.0. The molecule has 1 aromatic heterocycles. The van der Waals surface area contributed by atoms with Gasteiger partial charge in [0.15, 0.2) is 5.82 Å². The first-order valence-corrected chi connectivity index (χ1v) is 9.65. The minimum atomic E-state index is -0.493. The lowest BCUT2D eigenvalue weighted by molar-refractivity contribution is -0.00347. The van der Waals surface area contributed by atoms with Gasteiger partial charge in [0, 0.05) is 26.2 Å². The van der Waals surface area contributed by atoms with Gasteiger partial charge in [-0.3, -0.25) is 4.79 Å². The molecule has 2 saturated heterocycles. The highest BCUT2D eigenvalue weighted by Crippen LogP contribution is 2.22. The Balaban J connectivity index is 1.56. The molecule has 0 aliphatic carbocycles. The van der Waals surface area contributed by atoms with Crippen molar-refractivity contribution >= 4 is 17.8 Å². The number of nitrogens with one attached hydrogen (secondary N) is 1. The van der Waals surface area contributed by atoms with Crippen LogP contribution < -0.4 is 10.2 Å². The van der Waals surface area contributed by atoms with Crippen LogP contribution in [0.2, 0.25) is 0 Å². The van der Waals surface area contributed by atoms with Crippen LogP contribution in [0.1, 0.15) is 44.0 Å². The molecule has 28 heavy (non-hydrogen) atoms. The zero-order chi connectivity index (χ0) is 20.3. The van der Waals surface area contributed by atoms with E-state index < -0.39 is 5.60 Å². The number of anilines is 1. The maximum atomic E-state index is 12.3. The van der Waals surface area contributed by atoms with Crippen LogP contribution in [0.3, 0.4) is 0 Å². The first-order valence-electron chi connectivity index (χ1n) is 9.65. The second-order valence-electron chi connectivity index (χ2n) is 8.32. The molecule has 0 aromatic carbocycles. The van der Waals surface area contributed by atoms with E-state index in [2.05, 4.69) is 15.5 Å². The van der Waals surface area contributed by atoms with Gasteiger partial charge in [-0.15, -0.1) is 5.10 Å². The van der Waals surface area contributed by atoms with E-state index in [-0.39, 0.29) is 24.1 Å². The molecule has 0 bridgehead atoms. The van der Waals surface area contributed by atoms with Crippen molar-refractivity contribution in [3.8, 4) is 0 Å². The van der Waals surface area contributed by atoms with Crippen molar-refractivity contribution in [2.45, 2.75) is 51.3 Å². The number of nitrogens with zero attached hydrogens (tertiary/aromatic N) is 4. The number of likely N-dealkylation sites (tertiary alicyclic amines) is 1. The largest absolute Gasteiger partial charge is 0.444 e. The zero-order valence-corrected chi connectivity index (χ0v) is 17.0. The minimum Gasteiger partial charge on any atom is -0.444 e. The van der Waals surface area contributed by atoms with E-state index in [4.69, 9.17) is 9.47 Å². The second-order valence-corrected chi connectivity index (χ2v) is 8.32. The van der Waals surface area contributed by atoms with Crippen molar-refractivity contribution in [2.24, 2.45) is 0 Å². The second kappa shape index (κ2) is 8.30. The number of ether oxygens (including phenoxy) is 2. The Hall–Kier alpha value is -2.42. The molecular formula is C19H29N5O4. The monoisotopic (exact) mass is 391 g/mol. The summed E-state index contributed by atoms with van der Waals surface area (Å²) in [6, 6.07) is 2.03. The van der Waals surface area contributed by atoms with Crippen molar-refractivity contribution in [1.82, 2.24) is 20.4 Å². The maximum Gasteiger partial charge on any atom is 0.410 e. The molecular weight excluding hydrogens is 362 g/mol. The molecule has 0 saturated carbocycles. The first kappa shape index (κ1) is 20.3. The van der Waals surface area contributed by atoms with E-state index in [0.29, 0.717) is 37.7 Å². The summed E-state index contributed by atoms with van der Waals surface area (Å²) in [5.74, 6) is 0.478. The molecule has 0 unspecified atom stereocenters. The SMILES string of the molecule is CN(c1cc(C(=O)NC2COC2)cnn1)C1CCN(C(=O)OC(C)(C)C)CC1. The lowest BCUT2D eigenvalue weighted by Crippen LogP contribution is -2.48. The molecule has 0 spiro atoms. The normalized spacial score (nSPS) is 18.4. The lowest BCUT2D eigenvalue weighted by Gasteiger charge is -2.37. The number of piperidine rings is 1. The quantitative estimate of drug-likeness (QED) is 0.829. The standard InChI is InChI=1S/C19H29N5O4/c1-19(2,3)28-18(26)24-7-5-15(6-8-24)23(4)16-9-13(10-20-22-16)17(25)21-14-11-27-12-14/h9-10,14-15H,5-8,11-12H2,1-4H3,(H,21,25). The molecule has 0 radical (unpaired) electrons. The van der Waals surface area contributed by atoms with Crippen LogP contribution in [0.15, 0.2) is 12.3 Å². The highest BCUT2D eigenvalue weighted by atomic mass is 16.6. The highest BCUT2D eigenvalue weighted by molar-refractivity contribution is 5.94. The van der Waals surface area contributed by atoms with E-state index in [1.54, 1.807) is 11.0 Å². The lowest BCUT2D eigenvalue weighted by atomic mass is 10.0. The average molecular weight is 391 g/mol. The molecule has 154 valence electrons. The summed E-state index contributed by atoms with van der Waals surface area (Å²) < 4.78 is 10.5. The van der Waals surface area contributed by atoms with Crippen LogP contribution in [0.5, 0.6) is 0 Å². The Kier molecular flexibility index (Phi) is 6.02. The molecule has 2 fully saturated rings. The summed E-state index contributed by atoms with van der Waals surface area (Å²) in [5, 5.41) is 11.1. The first-order chi connectivity index (χ1) is 13.2. The van der Waals surface area contributed by atoms with Crippen LogP contribution in [-0.2, 0) is 9.47 Å². The Bertz CT molecular complexity index is 709. The Morgan fingerprint density at radius 2 is 1.96 bits per heavy atom. The summed E-state index contributed by atoms with van der Waals surface area (Å²) in [7, 11) is 1.94. The third-order valence-electron chi connectivity index (χ3n) is 4.90. The van der Waals surface area contributed by atoms with Gasteiger partial charge in [-0.05, 0) is 39.7 Å². The third-order valence-corrected chi connectivity index (χ3v) is 4.90. The van der Waals surface area contributed by atoms with Gasteiger partial charge < -0.3 is 24.6 Å². The molecule has 2 aliphatic rings. The predicted octanol–water partition coefficient (Wildman–Crippen LogP) is 1.44. The number of hydrogen-bond acceptors (Lipinski definition) is 7. The van der Waals surface area contributed by atoms with Gasteiger partial charge in [-0.1, -0.05) is 0 Å². The van der Waals surface area contributed by atoms with E-state index in [9.17, 15) is 9.59 Å². The van der Waals surface area contributed by atoms with E-state index in [0.717, 1.165) is 12.8 Å². The summed E-state index contributed by atoms with van der Waals surface area (Å²) in [6.07, 6.45) is 2.80. The van der Waals surface area contributed by atoms with Gasteiger partial charge in [0.05, 0.1) is 31.0 Å². The van der Waals surface area contributed by atoms with Crippen LogP contribution in [0, 0.1) is 0 Å². The van der Waals surface area contributed by atoms with Crippen LogP contribution in [0.4, 0.5) is 10.6 Å². The summed E-state index contributed by atoms with van der Waals surface area (Å²) >= 11 is 0. The molecule has 2 amide bonds. The molecule has 9 heteroatoms. The third kappa shape index (κ3) is 5.09. The number of carbonyl (C=O) groups excluding carboxylic acids is 2.